The smallest absolute Gasteiger partial charge is 0.139 e. The molecule has 0 aliphatic carbocycles. The van der Waals surface area contributed by atoms with Gasteiger partial charge in [0.25, 0.3) is 0 Å². The molecule has 2 rings (SSSR count). The number of anilines is 1. The summed E-state index contributed by atoms with van der Waals surface area (Å²) in [6.45, 7) is 0.410. The Hall–Kier alpha value is -1.58. The van der Waals surface area contributed by atoms with Crippen LogP contribution in [-0.4, -0.2) is 10.2 Å². The third kappa shape index (κ3) is 2.81. The summed E-state index contributed by atoms with van der Waals surface area (Å²) in [6.07, 6.45) is 0. The highest BCUT2D eigenvalue weighted by molar-refractivity contribution is 6.32. The molecule has 2 aromatic rings. The second-order valence-corrected chi connectivity index (χ2v) is 4.58. The minimum Gasteiger partial charge on any atom is -0.506 e. The lowest BCUT2D eigenvalue weighted by Gasteiger charge is -2.09. The molecule has 3 nitrogen and oxygen atoms in total. The zero-order valence-electron chi connectivity index (χ0n) is 9.32. The van der Waals surface area contributed by atoms with E-state index in [2.05, 4.69) is 5.32 Å². The molecule has 0 aliphatic rings. The number of aromatic hydroxyl groups is 2. The summed E-state index contributed by atoms with van der Waals surface area (Å²) in [4.78, 5) is 0. The molecule has 5 heteroatoms. The number of para-hydroxylation sites is 1. The molecule has 0 unspecified atom stereocenters. The molecule has 0 aromatic heterocycles. The van der Waals surface area contributed by atoms with E-state index in [1.165, 1.54) is 6.07 Å². The highest BCUT2D eigenvalue weighted by Gasteiger charge is 2.05. The second-order valence-electron chi connectivity index (χ2n) is 3.77. The highest BCUT2D eigenvalue weighted by atomic mass is 35.5. The van der Waals surface area contributed by atoms with Crippen molar-refractivity contribution < 1.29 is 10.2 Å². The molecular formula is C13H11Cl2NO2. The number of benzene rings is 2. The Morgan fingerprint density at radius 2 is 1.78 bits per heavy atom. The van der Waals surface area contributed by atoms with Gasteiger partial charge in [-0.25, -0.2) is 0 Å². The van der Waals surface area contributed by atoms with E-state index >= 15 is 0 Å². The average molecular weight is 284 g/mol. The van der Waals surface area contributed by atoms with Crippen LogP contribution in [0.5, 0.6) is 11.5 Å². The van der Waals surface area contributed by atoms with Gasteiger partial charge in [0.05, 0.1) is 10.0 Å². The normalized spacial score (nSPS) is 10.3. The van der Waals surface area contributed by atoms with E-state index in [1.807, 2.05) is 0 Å². The van der Waals surface area contributed by atoms with Gasteiger partial charge in [0.15, 0.2) is 0 Å². The van der Waals surface area contributed by atoms with E-state index in [4.69, 9.17) is 23.2 Å². The first kappa shape index (κ1) is 12.9. The first-order valence-corrected chi connectivity index (χ1v) is 6.02. The van der Waals surface area contributed by atoms with Crippen LogP contribution < -0.4 is 5.32 Å². The average Bonchev–Trinajstić information content (AvgIpc) is 2.35. The molecule has 94 valence electrons. The van der Waals surface area contributed by atoms with Crippen molar-refractivity contribution in [2.75, 3.05) is 5.32 Å². The Kier molecular flexibility index (Phi) is 3.84. The van der Waals surface area contributed by atoms with E-state index < -0.39 is 0 Å². The van der Waals surface area contributed by atoms with Crippen molar-refractivity contribution in [1.29, 1.82) is 0 Å². The largest absolute Gasteiger partial charge is 0.506 e. The standard InChI is InChI=1S/C13H11Cl2NO2/c14-10-3-1-2-8(13(10)18)7-16-9-4-5-12(17)11(15)6-9/h1-6,16-18H,7H2. The molecule has 2 aromatic carbocycles. The molecule has 0 atom stereocenters. The van der Waals surface area contributed by atoms with E-state index in [1.54, 1.807) is 30.3 Å². The van der Waals surface area contributed by atoms with Crippen LogP contribution in [0.15, 0.2) is 36.4 Å². The summed E-state index contributed by atoms with van der Waals surface area (Å²) in [5.74, 6) is 0.101. The number of halogens is 2. The van der Waals surface area contributed by atoms with Gasteiger partial charge >= 0.3 is 0 Å². The number of phenols is 2. The van der Waals surface area contributed by atoms with Gasteiger partial charge < -0.3 is 15.5 Å². The number of phenolic OH excluding ortho intramolecular Hbond substituents is 2. The topological polar surface area (TPSA) is 52.5 Å². The highest BCUT2D eigenvalue weighted by Crippen LogP contribution is 2.29. The molecule has 0 radical (unpaired) electrons. The van der Waals surface area contributed by atoms with Gasteiger partial charge in [-0.1, -0.05) is 35.3 Å². The lowest BCUT2D eigenvalue weighted by molar-refractivity contribution is 0.469. The predicted octanol–water partition coefficient (Wildman–Crippen LogP) is 4.02. The Morgan fingerprint density at radius 3 is 2.50 bits per heavy atom. The van der Waals surface area contributed by atoms with Gasteiger partial charge in [-0.2, -0.15) is 0 Å². The SMILES string of the molecule is Oc1ccc(NCc2cccc(Cl)c2O)cc1Cl. The summed E-state index contributed by atoms with van der Waals surface area (Å²) in [6, 6.07) is 9.97. The van der Waals surface area contributed by atoms with Crippen molar-refractivity contribution in [1.82, 2.24) is 0 Å². The minimum absolute atomic E-state index is 0.0350. The Bertz CT molecular complexity index is 573. The van der Waals surface area contributed by atoms with E-state index in [9.17, 15) is 10.2 Å². The summed E-state index contributed by atoms with van der Waals surface area (Å²) in [5, 5.41) is 22.7. The molecular weight excluding hydrogens is 273 g/mol. The molecule has 0 saturated heterocycles. The molecule has 0 fully saturated rings. The summed E-state index contributed by atoms with van der Waals surface area (Å²) < 4.78 is 0. The van der Waals surface area contributed by atoms with Crippen molar-refractivity contribution in [2.45, 2.75) is 6.54 Å². The summed E-state index contributed by atoms with van der Waals surface area (Å²) in [5.41, 5.74) is 1.43. The molecule has 0 heterocycles. The Morgan fingerprint density at radius 1 is 1.00 bits per heavy atom. The van der Waals surface area contributed by atoms with E-state index in [0.717, 1.165) is 5.69 Å². The number of hydrogen-bond acceptors (Lipinski definition) is 3. The van der Waals surface area contributed by atoms with Crippen LogP contribution in [0.25, 0.3) is 0 Å². The number of rotatable bonds is 3. The first-order chi connectivity index (χ1) is 8.58. The molecule has 0 saturated carbocycles. The number of nitrogens with one attached hydrogen (secondary N) is 1. The summed E-state index contributed by atoms with van der Waals surface area (Å²) >= 11 is 11.6. The van der Waals surface area contributed by atoms with Crippen LogP contribution in [0.1, 0.15) is 5.56 Å². The van der Waals surface area contributed by atoms with Crippen molar-refractivity contribution in [3.63, 3.8) is 0 Å². The quantitative estimate of drug-likeness (QED) is 0.746. The first-order valence-electron chi connectivity index (χ1n) is 5.26. The van der Waals surface area contributed by atoms with Gasteiger partial charge in [0, 0.05) is 17.8 Å². The van der Waals surface area contributed by atoms with Crippen LogP contribution >= 0.6 is 23.2 Å². The monoisotopic (exact) mass is 283 g/mol. The van der Waals surface area contributed by atoms with Gasteiger partial charge in [-0.15, -0.1) is 0 Å². The van der Waals surface area contributed by atoms with E-state index in [-0.39, 0.29) is 16.5 Å². The molecule has 0 amide bonds. The van der Waals surface area contributed by atoms with Crippen LogP contribution in [0.4, 0.5) is 5.69 Å². The minimum atomic E-state index is 0.0350. The predicted molar refractivity (Wildman–Crippen MR) is 73.6 cm³/mol. The lowest BCUT2D eigenvalue weighted by Crippen LogP contribution is -1.99. The Labute approximate surface area is 115 Å². The van der Waals surface area contributed by atoms with Crippen molar-refractivity contribution in [3.8, 4) is 11.5 Å². The zero-order valence-corrected chi connectivity index (χ0v) is 10.8. The van der Waals surface area contributed by atoms with E-state index in [0.29, 0.717) is 17.1 Å². The zero-order chi connectivity index (χ0) is 13.1. The van der Waals surface area contributed by atoms with Crippen LogP contribution in [-0.2, 0) is 6.54 Å². The van der Waals surface area contributed by atoms with Gasteiger partial charge in [-0.3, -0.25) is 0 Å². The third-order valence-corrected chi connectivity index (χ3v) is 3.11. The maximum atomic E-state index is 9.74. The van der Waals surface area contributed by atoms with Gasteiger partial charge in [-0.05, 0) is 24.3 Å². The van der Waals surface area contributed by atoms with Crippen molar-refractivity contribution >= 4 is 28.9 Å². The Balaban J connectivity index is 2.11. The van der Waals surface area contributed by atoms with Crippen molar-refractivity contribution in [3.05, 3.63) is 52.0 Å². The van der Waals surface area contributed by atoms with Crippen LogP contribution in [0.2, 0.25) is 10.0 Å². The second kappa shape index (κ2) is 5.38. The lowest BCUT2D eigenvalue weighted by atomic mass is 10.2. The van der Waals surface area contributed by atoms with Gasteiger partial charge in [0.1, 0.15) is 11.5 Å². The fraction of sp³-hybridized carbons (Fsp3) is 0.0769. The number of hydrogen-bond donors (Lipinski definition) is 3. The fourth-order valence-electron chi connectivity index (χ4n) is 1.52. The maximum Gasteiger partial charge on any atom is 0.139 e. The maximum absolute atomic E-state index is 9.74. The molecule has 18 heavy (non-hydrogen) atoms. The molecule has 0 aliphatic heterocycles. The summed E-state index contributed by atoms with van der Waals surface area (Å²) in [7, 11) is 0. The molecule has 0 bridgehead atoms. The fourth-order valence-corrected chi connectivity index (χ4v) is 1.89. The van der Waals surface area contributed by atoms with Gasteiger partial charge in [0.2, 0.25) is 0 Å². The molecule has 3 N–H and O–H groups in total. The molecule has 0 spiro atoms. The van der Waals surface area contributed by atoms with Crippen LogP contribution in [0.3, 0.4) is 0 Å². The van der Waals surface area contributed by atoms with Crippen molar-refractivity contribution in [2.24, 2.45) is 0 Å². The van der Waals surface area contributed by atoms with Crippen LogP contribution in [0, 0.1) is 0 Å². The third-order valence-electron chi connectivity index (χ3n) is 2.50.